The minimum absolute atomic E-state index is 0.0912. The van der Waals surface area contributed by atoms with Gasteiger partial charge in [0.1, 0.15) is 5.75 Å². The van der Waals surface area contributed by atoms with Gasteiger partial charge in [0.2, 0.25) is 5.91 Å². The van der Waals surface area contributed by atoms with Gasteiger partial charge in [-0.1, -0.05) is 18.2 Å². The van der Waals surface area contributed by atoms with Crippen LogP contribution in [0.3, 0.4) is 0 Å². The molecular weight excluding hydrogens is 258 g/mol. The van der Waals surface area contributed by atoms with E-state index in [1.54, 1.807) is 0 Å². The van der Waals surface area contributed by atoms with Crippen molar-refractivity contribution in [3.05, 3.63) is 29.8 Å². The lowest BCUT2D eigenvalue weighted by molar-refractivity contribution is -0.121. The second-order valence-electron chi connectivity index (χ2n) is 4.45. The molecule has 0 aromatic heterocycles. The molecule has 1 atom stereocenters. The summed E-state index contributed by atoms with van der Waals surface area (Å²) in [4.78, 5) is 11.7. The van der Waals surface area contributed by atoms with Gasteiger partial charge in [-0.3, -0.25) is 4.79 Å². The molecule has 0 spiro atoms. The third-order valence-electron chi connectivity index (χ3n) is 2.79. The summed E-state index contributed by atoms with van der Waals surface area (Å²) in [5.74, 6) is 0.730. The zero-order valence-electron chi connectivity index (χ0n) is 12.1. The van der Waals surface area contributed by atoms with Crippen molar-refractivity contribution < 1.29 is 19.4 Å². The molecule has 1 amide bonds. The molecule has 0 saturated carbocycles. The molecule has 2 N–H and O–H groups in total. The fourth-order valence-electron chi connectivity index (χ4n) is 1.83. The number of aliphatic hydroxyl groups excluding tert-OH is 1. The summed E-state index contributed by atoms with van der Waals surface area (Å²) in [5, 5.41) is 12.1. The van der Waals surface area contributed by atoms with Gasteiger partial charge in [-0.25, -0.2) is 0 Å². The van der Waals surface area contributed by atoms with Crippen LogP contribution < -0.4 is 10.1 Å². The monoisotopic (exact) mass is 281 g/mol. The lowest BCUT2D eigenvalue weighted by Gasteiger charge is -2.12. The molecule has 20 heavy (non-hydrogen) atoms. The molecule has 0 aliphatic carbocycles. The minimum Gasteiger partial charge on any atom is -0.494 e. The first-order chi connectivity index (χ1) is 9.67. The van der Waals surface area contributed by atoms with Crippen LogP contribution in [0.5, 0.6) is 5.75 Å². The molecule has 112 valence electrons. The molecule has 1 aromatic carbocycles. The van der Waals surface area contributed by atoms with Crippen LogP contribution >= 0.6 is 0 Å². The molecule has 5 nitrogen and oxygen atoms in total. The number of nitrogens with one attached hydrogen (secondary N) is 1. The number of methoxy groups -OCH3 is 1. The van der Waals surface area contributed by atoms with Crippen molar-refractivity contribution in [3.63, 3.8) is 0 Å². The quantitative estimate of drug-likeness (QED) is 0.712. The van der Waals surface area contributed by atoms with Gasteiger partial charge in [-0.05, 0) is 25.0 Å². The van der Waals surface area contributed by atoms with E-state index in [0.717, 1.165) is 11.3 Å². The maximum atomic E-state index is 11.7. The molecule has 0 radical (unpaired) electrons. The van der Waals surface area contributed by atoms with E-state index in [1.165, 1.54) is 7.11 Å². The van der Waals surface area contributed by atoms with Crippen LogP contribution in [0.1, 0.15) is 18.9 Å². The third-order valence-corrected chi connectivity index (χ3v) is 2.79. The highest BCUT2D eigenvalue weighted by Gasteiger charge is 2.08. The topological polar surface area (TPSA) is 67.8 Å². The number of amides is 1. The van der Waals surface area contributed by atoms with Crippen molar-refractivity contribution in [2.24, 2.45) is 0 Å². The van der Waals surface area contributed by atoms with Gasteiger partial charge < -0.3 is 19.9 Å². The van der Waals surface area contributed by atoms with Gasteiger partial charge in [0, 0.05) is 20.1 Å². The van der Waals surface area contributed by atoms with Crippen molar-refractivity contribution in [1.29, 1.82) is 0 Å². The molecule has 0 aliphatic rings. The number of hydrogen-bond donors (Lipinski definition) is 2. The summed E-state index contributed by atoms with van der Waals surface area (Å²) in [7, 11) is 1.51. The fourth-order valence-corrected chi connectivity index (χ4v) is 1.83. The smallest absolute Gasteiger partial charge is 0.220 e. The molecule has 0 fully saturated rings. The first-order valence-electron chi connectivity index (χ1n) is 6.81. The van der Waals surface area contributed by atoms with Crippen LogP contribution in [-0.2, 0) is 16.0 Å². The third kappa shape index (κ3) is 6.04. The highest BCUT2D eigenvalue weighted by Crippen LogP contribution is 2.19. The van der Waals surface area contributed by atoms with Crippen molar-refractivity contribution >= 4 is 5.91 Å². The molecule has 1 rings (SSSR count). The van der Waals surface area contributed by atoms with Crippen molar-refractivity contribution in [2.45, 2.75) is 25.9 Å². The largest absolute Gasteiger partial charge is 0.494 e. The summed E-state index contributed by atoms with van der Waals surface area (Å²) >= 11 is 0. The van der Waals surface area contributed by atoms with Crippen LogP contribution in [0.2, 0.25) is 0 Å². The van der Waals surface area contributed by atoms with Crippen molar-refractivity contribution in [3.8, 4) is 5.75 Å². The number of ether oxygens (including phenoxy) is 2. The van der Waals surface area contributed by atoms with Gasteiger partial charge >= 0.3 is 0 Å². The molecule has 0 bridgehead atoms. The van der Waals surface area contributed by atoms with E-state index in [9.17, 15) is 9.90 Å². The van der Waals surface area contributed by atoms with Crippen LogP contribution in [0.4, 0.5) is 0 Å². The highest BCUT2D eigenvalue weighted by atomic mass is 16.5. The van der Waals surface area contributed by atoms with Gasteiger partial charge in [0.15, 0.2) is 0 Å². The minimum atomic E-state index is -0.667. The first kappa shape index (κ1) is 16.5. The van der Waals surface area contributed by atoms with E-state index in [4.69, 9.17) is 9.47 Å². The molecular formula is C15H23NO4. The zero-order valence-corrected chi connectivity index (χ0v) is 12.1. The number of para-hydroxylation sites is 1. The highest BCUT2D eigenvalue weighted by molar-refractivity contribution is 5.76. The molecule has 1 unspecified atom stereocenters. The summed E-state index contributed by atoms with van der Waals surface area (Å²) in [6.07, 6.45) is 0.311. The van der Waals surface area contributed by atoms with Crippen LogP contribution in [0.15, 0.2) is 24.3 Å². The standard InChI is InChI=1S/C15H23NO4/c1-3-20-14-7-5-4-6-12(14)8-9-15(18)16-10-13(17)11-19-2/h4-7,13,17H,3,8-11H2,1-2H3,(H,16,18). The second-order valence-corrected chi connectivity index (χ2v) is 4.45. The predicted octanol–water partition coefficient (Wildman–Crippen LogP) is 1.14. The van der Waals surface area contributed by atoms with E-state index in [0.29, 0.717) is 19.4 Å². The normalized spacial score (nSPS) is 11.9. The van der Waals surface area contributed by atoms with E-state index in [1.807, 2.05) is 31.2 Å². The van der Waals surface area contributed by atoms with Gasteiger partial charge in [-0.15, -0.1) is 0 Å². The van der Waals surface area contributed by atoms with E-state index in [-0.39, 0.29) is 19.1 Å². The summed E-state index contributed by atoms with van der Waals surface area (Å²) < 4.78 is 10.3. The van der Waals surface area contributed by atoms with Gasteiger partial charge in [0.25, 0.3) is 0 Å². The van der Waals surface area contributed by atoms with Crippen LogP contribution in [0.25, 0.3) is 0 Å². The Balaban J connectivity index is 2.37. The van der Waals surface area contributed by atoms with Gasteiger partial charge in [-0.2, -0.15) is 0 Å². The molecule has 5 heteroatoms. The van der Waals surface area contributed by atoms with E-state index in [2.05, 4.69) is 5.32 Å². The van der Waals surface area contributed by atoms with E-state index < -0.39 is 6.10 Å². The summed E-state index contributed by atoms with van der Waals surface area (Å²) in [6, 6.07) is 7.70. The number of carbonyl (C=O) groups is 1. The Morgan fingerprint density at radius 2 is 2.15 bits per heavy atom. The lowest BCUT2D eigenvalue weighted by Crippen LogP contribution is -2.34. The second kappa shape index (κ2) is 9.34. The SMILES string of the molecule is CCOc1ccccc1CCC(=O)NCC(O)COC. The van der Waals surface area contributed by atoms with Crippen molar-refractivity contribution in [2.75, 3.05) is 26.9 Å². The Morgan fingerprint density at radius 3 is 2.85 bits per heavy atom. The fraction of sp³-hybridized carbons (Fsp3) is 0.533. The van der Waals surface area contributed by atoms with Gasteiger partial charge in [0.05, 0.1) is 19.3 Å². The maximum absolute atomic E-state index is 11.7. The van der Waals surface area contributed by atoms with Crippen LogP contribution in [0, 0.1) is 0 Å². The number of rotatable bonds is 9. The summed E-state index contributed by atoms with van der Waals surface area (Å²) in [6.45, 7) is 2.96. The number of aliphatic hydroxyl groups is 1. The average Bonchev–Trinajstić information content (AvgIpc) is 2.45. The average molecular weight is 281 g/mol. The zero-order chi connectivity index (χ0) is 14.8. The number of hydrogen-bond acceptors (Lipinski definition) is 4. The molecule has 0 aliphatic heterocycles. The van der Waals surface area contributed by atoms with E-state index >= 15 is 0 Å². The molecule has 1 aromatic rings. The molecule has 0 heterocycles. The Labute approximate surface area is 119 Å². The lowest BCUT2D eigenvalue weighted by atomic mass is 10.1. The first-order valence-corrected chi connectivity index (χ1v) is 6.81. The number of benzene rings is 1. The van der Waals surface area contributed by atoms with Crippen molar-refractivity contribution in [1.82, 2.24) is 5.32 Å². The predicted molar refractivity (Wildman–Crippen MR) is 76.8 cm³/mol. The maximum Gasteiger partial charge on any atom is 0.220 e. The Morgan fingerprint density at radius 1 is 1.40 bits per heavy atom. The summed E-state index contributed by atoms with van der Waals surface area (Å²) in [5.41, 5.74) is 1.02. The Bertz CT molecular complexity index is 409. The van der Waals surface area contributed by atoms with Crippen LogP contribution in [-0.4, -0.2) is 44.0 Å². The Hall–Kier alpha value is -1.59. The number of carbonyl (C=O) groups excluding carboxylic acids is 1. The molecule has 0 saturated heterocycles. The Kier molecular flexibility index (Phi) is 7.69. The number of aryl methyl sites for hydroxylation is 1.